The molecule has 2 aliphatic heterocycles. The average molecular weight is 224 g/mol. The number of amides is 2. The van der Waals surface area contributed by atoms with Crippen LogP contribution in [0.5, 0.6) is 0 Å². The Labute approximate surface area is 96.6 Å². The van der Waals surface area contributed by atoms with Crippen molar-refractivity contribution in [1.82, 2.24) is 9.80 Å². The van der Waals surface area contributed by atoms with Crippen molar-refractivity contribution in [2.75, 3.05) is 13.6 Å². The van der Waals surface area contributed by atoms with Crippen molar-refractivity contribution in [3.05, 3.63) is 0 Å². The molecular formula is C12H20N2O2. The summed E-state index contributed by atoms with van der Waals surface area (Å²) in [5.41, 5.74) is 0. The summed E-state index contributed by atoms with van der Waals surface area (Å²) in [6.45, 7) is 1.74. The molecule has 2 amide bonds. The van der Waals surface area contributed by atoms with E-state index in [0.29, 0.717) is 12.1 Å². The van der Waals surface area contributed by atoms with Gasteiger partial charge in [0.05, 0.1) is 6.54 Å². The molecule has 0 N–H and O–H groups in total. The van der Waals surface area contributed by atoms with Gasteiger partial charge in [-0.25, -0.2) is 0 Å². The van der Waals surface area contributed by atoms with Crippen LogP contribution in [0.25, 0.3) is 0 Å². The van der Waals surface area contributed by atoms with Crippen LogP contribution in [0.15, 0.2) is 0 Å². The van der Waals surface area contributed by atoms with Gasteiger partial charge in [0, 0.05) is 26.1 Å². The predicted octanol–water partition coefficient (Wildman–Crippen LogP) is 1.01. The summed E-state index contributed by atoms with van der Waals surface area (Å²) >= 11 is 0. The van der Waals surface area contributed by atoms with Gasteiger partial charge < -0.3 is 9.80 Å². The molecule has 16 heavy (non-hydrogen) atoms. The van der Waals surface area contributed by atoms with Crippen molar-refractivity contribution in [3.8, 4) is 0 Å². The fourth-order valence-corrected chi connectivity index (χ4v) is 2.92. The van der Waals surface area contributed by atoms with Gasteiger partial charge in [0.2, 0.25) is 11.8 Å². The predicted molar refractivity (Wildman–Crippen MR) is 60.8 cm³/mol. The van der Waals surface area contributed by atoms with Crippen LogP contribution < -0.4 is 0 Å². The number of hydrogen-bond acceptors (Lipinski definition) is 2. The maximum Gasteiger partial charge on any atom is 0.242 e. The molecule has 0 aromatic carbocycles. The number of carbonyl (C=O) groups is 2. The van der Waals surface area contributed by atoms with Gasteiger partial charge in [0.25, 0.3) is 0 Å². The molecule has 0 aromatic heterocycles. The van der Waals surface area contributed by atoms with Gasteiger partial charge in [0.15, 0.2) is 0 Å². The molecule has 0 radical (unpaired) electrons. The van der Waals surface area contributed by atoms with Crippen LogP contribution in [0.4, 0.5) is 0 Å². The first kappa shape index (κ1) is 11.4. The summed E-state index contributed by atoms with van der Waals surface area (Å²) in [5.74, 6) is 0.0857. The fraction of sp³-hybridized carbons (Fsp3) is 0.833. The highest BCUT2D eigenvalue weighted by Gasteiger charge is 2.39. The summed E-state index contributed by atoms with van der Waals surface area (Å²) in [6, 6.07) is 0.901. The van der Waals surface area contributed by atoms with E-state index in [9.17, 15) is 9.59 Å². The molecule has 2 aliphatic rings. The van der Waals surface area contributed by atoms with Crippen molar-refractivity contribution < 1.29 is 9.59 Å². The standard InChI is InChI=1S/C12H20N2O2/c1-9(15)13(2)8-12(16)14-10-4-3-5-11(14)7-6-10/h10-11H,3-8H2,1-2H3. The molecule has 90 valence electrons. The lowest BCUT2D eigenvalue weighted by Crippen LogP contribution is -2.48. The number of nitrogens with zero attached hydrogens (tertiary/aromatic N) is 2. The Morgan fingerprint density at radius 2 is 1.75 bits per heavy atom. The first-order chi connectivity index (χ1) is 7.59. The number of hydrogen-bond donors (Lipinski definition) is 0. The van der Waals surface area contributed by atoms with Crippen molar-refractivity contribution in [3.63, 3.8) is 0 Å². The highest BCUT2D eigenvalue weighted by Crippen LogP contribution is 2.35. The Hall–Kier alpha value is -1.06. The number of carbonyl (C=O) groups excluding carboxylic acids is 2. The molecule has 4 nitrogen and oxygen atoms in total. The molecule has 2 unspecified atom stereocenters. The zero-order chi connectivity index (χ0) is 11.7. The Balaban J connectivity index is 1.97. The minimum absolute atomic E-state index is 0.0438. The minimum Gasteiger partial charge on any atom is -0.337 e. The Bertz CT molecular complexity index is 287. The number of fused-ring (bicyclic) bond motifs is 2. The summed E-state index contributed by atoms with van der Waals surface area (Å²) in [4.78, 5) is 26.7. The maximum atomic E-state index is 12.1. The van der Waals surface area contributed by atoms with Crippen molar-refractivity contribution in [2.24, 2.45) is 0 Å². The van der Waals surface area contributed by atoms with Gasteiger partial charge in [-0.1, -0.05) is 0 Å². The lowest BCUT2D eigenvalue weighted by molar-refractivity contribution is -0.141. The van der Waals surface area contributed by atoms with Gasteiger partial charge in [-0.05, 0) is 32.1 Å². The Kier molecular flexibility index (Phi) is 3.17. The van der Waals surface area contributed by atoms with E-state index in [1.807, 2.05) is 4.90 Å². The molecule has 2 fully saturated rings. The highest BCUT2D eigenvalue weighted by atomic mass is 16.2. The lowest BCUT2D eigenvalue weighted by atomic mass is 10.0. The largest absolute Gasteiger partial charge is 0.337 e. The second kappa shape index (κ2) is 4.44. The van der Waals surface area contributed by atoms with E-state index in [1.165, 1.54) is 18.2 Å². The van der Waals surface area contributed by atoms with Gasteiger partial charge in [-0.3, -0.25) is 9.59 Å². The van der Waals surface area contributed by atoms with E-state index in [2.05, 4.69) is 0 Å². The molecule has 0 aromatic rings. The molecular weight excluding hydrogens is 204 g/mol. The number of piperidine rings is 1. The minimum atomic E-state index is -0.0438. The van der Waals surface area contributed by atoms with Gasteiger partial charge in [-0.2, -0.15) is 0 Å². The second-order valence-electron chi connectivity index (χ2n) is 4.99. The van der Waals surface area contributed by atoms with E-state index in [0.717, 1.165) is 25.7 Å². The topological polar surface area (TPSA) is 40.6 Å². The molecule has 2 bridgehead atoms. The van der Waals surface area contributed by atoms with E-state index in [1.54, 1.807) is 7.05 Å². The Morgan fingerprint density at radius 1 is 1.19 bits per heavy atom. The number of rotatable bonds is 2. The van der Waals surface area contributed by atoms with Crippen LogP contribution in [0.2, 0.25) is 0 Å². The van der Waals surface area contributed by atoms with E-state index in [4.69, 9.17) is 0 Å². The molecule has 0 spiro atoms. The van der Waals surface area contributed by atoms with Crippen LogP contribution in [0, 0.1) is 0 Å². The zero-order valence-electron chi connectivity index (χ0n) is 10.1. The van der Waals surface area contributed by atoms with Crippen LogP contribution >= 0.6 is 0 Å². The average Bonchev–Trinajstić information content (AvgIpc) is 2.49. The van der Waals surface area contributed by atoms with Crippen molar-refractivity contribution >= 4 is 11.8 Å². The van der Waals surface area contributed by atoms with Crippen LogP contribution in [-0.4, -0.2) is 47.3 Å². The summed E-state index contributed by atoms with van der Waals surface area (Å²) in [5, 5.41) is 0. The fourth-order valence-electron chi connectivity index (χ4n) is 2.92. The third-order valence-corrected chi connectivity index (χ3v) is 3.89. The monoisotopic (exact) mass is 224 g/mol. The molecule has 2 heterocycles. The van der Waals surface area contributed by atoms with E-state index in [-0.39, 0.29) is 18.4 Å². The van der Waals surface area contributed by atoms with Crippen LogP contribution in [-0.2, 0) is 9.59 Å². The van der Waals surface area contributed by atoms with Crippen molar-refractivity contribution in [1.29, 1.82) is 0 Å². The lowest BCUT2D eigenvalue weighted by Gasteiger charge is -2.35. The Morgan fingerprint density at radius 3 is 2.25 bits per heavy atom. The van der Waals surface area contributed by atoms with Crippen LogP contribution in [0.3, 0.4) is 0 Å². The normalized spacial score (nSPS) is 28.0. The van der Waals surface area contributed by atoms with Gasteiger partial charge >= 0.3 is 0 Å². The molecule has 2 saturated heterocycles. The summed E-state index contributed by atoms with van der Waals surface area (Å²) < 4.78 is 0. The molecule has 0 aliphatic carbocycles. The van der Waals surface area contributed by atoms with Crippen molar-refractivity contribution in [2.45, 2.75) is 51.1 Å². The smallest absolute Gasteiger partial charge is 0.242 e. The first-order valence-electron chi connectivity index (χ1n) is 6.12. The quantitative estimate of drug-likeness (QED) is 0.702. The molecule has 0 saturated carbocycles. The summed E-state index contributed by atoms with van der Waals surface area (Å²) in [6.07, 6.45) is 5.85. The zero-order valence-corrected chi connectivity index (χ0v) is 10.1. The SMILES string of the molecule is CC(=O)N(C)CC(=O)N1C2CCCC1CC2. The molecule has 4 heteroatoms. The van der Waals surface area contributed by atoms with E-state index < -0.39 is 0 Å². The third-order valence-electron chi connectivity index (χ3n) is 3.89. The third kappa shape index (κ3) is 2.06. The first-order valence-corrected chi connectivity index (χ1v) is 6.12. The highest BCUT2D eigenvalue weighted by molar-refractivity contribution is 5.84. The second-order valence-corrected chi connectivity index (χ2v) is 4.99. The van der Waals surface area contributed by atoms with Crippen LogP contribution in [0.1, 0.15) is 39.0 Å². The number of likely N-dealkylation sites (N-methyl/N-ethyl adjacent to an activating group) is 1. The van der Waals surface area contributed by atoms with E-state index >= 15 is 0 Å². The summed E-state index contributed by atoms with van der Waals surface area (Å²) in [7, 11) is 1.69. The molecule has 2 rings (SSSR count). The molecule has 2 atom stereocenters. The van der Waals surface area contributed by atoms with Gasteiger partial charge in [0.1, 0.15) is 0 Å². The van der Waals surface area contributed by atoms with Gasteiger partial charge in [-0.15, -0.1) is 0 Å². The maximum absolute atomic E-state index is 12.1.